The van der Waals surface area contributed by atoms with Gasteiger partial charge in [-0.15, -0.1) is 11.8 Å². The Morgan fingerprint density at radius 3 is 2.67 bits per heavy atom. The Morgan fingerprint density at radius 1 is 1.17 bits per heavy atom. The molecule has 2 fully saturated rings. The van der Waals surface area contributed by atoms with Crippen molar-refractivity contribution in [3.8, 4) is 0 Å². The summed E-state index contributed by atoms with van der Waals surface area (Å²) >= 11 is 1.66. The molecule has 24 heavy (non-hydrogen) atoms. The van der Waals surface area contributed by atoms with Crippen LogP contribution in [0.1, 0.15) is 23.3 Å². The quantitative estimate of drug-likeness (QED) is 0.841. The number of carbonyl (C=O) groups excluding carboxylic acids is 2. The lowest BCUT2D eigenvalue weighted by molar-refractivity contribution is -0.133. The first-order valence-electron chi connectivity index (χ1n) is 8.39. The lowest BCUT2D eigenvalue weighted by Gasteiger charge is -2.27. The third-order valence-corrected chi connectivity index (χ3v) is 6.03. The molecular formula is C18H21N3O2S. The van der Waals surface area contributed by atoms with Crippen LogP contribution in [-0.2, 0) is 11.8 Å². The van der Waals surface area contributed by atoms with Crippen LogP contribution in [-0.4, -0.2) is 56.9 Å². The van der Waals surface area contributed by atoms with Crippen molar-refractivity contribution in [2.75, 3.05) is 24.7 Å². The Hall–Kier alpha value is -1.95. The number of hydrogen-bond donors (Lipinski definition) is 0. The standard InChI is InChI=1S/C18H21N3O2S/c1-19-14-7-3-2-6-13(14)10-15(19)18(23)21-12-24-11-16(21)17(22)20-8-4-5-9-20/h2-3,6-7,10,16H,4-5,8-9,11-12H2,1H3. The zero-order chi connectivity index (χ0) is 16.7. The van der Waals surface area contributed by atoms with Crippen molar-refractivity contribution in [3.05, 3.63) is 36.0 Å². The third kappa shape index (κ3) is 2.49. The first kappa shape index (κ1) is 15.6. The molecule has 4 rings (SSSR count). The van der Waals surface area contributed by atoms with Gasteiger partial charge in [-0.3, -0.25) is 9.59 Å². The van der Waals surface area contributed by atoms with E-state index in [-0.39, 0.29) is 17.9 Å². The van der Waals surface area contributed by atoms with Crippen LogP contribution in [0.3, 0.4) is 0 Å². The lowest BCUT2D eigenvalue weighted by atomic mass is 10.2. The number of fused-ring (bicyclic) bond motifs is 1. The van der Waals surface area contributed by atoms with Crippen LogP contribution < -0.4 is 0 Å². The predicted molar refractivity (Wildman–Crippen MR) is 96.0 cm³/mol. The Morgan fingerprint density at radius 2 is 1.92 bits per heavy atom. The van der Waals surface area contributed by atoms with Crippen LogP contribution in [0.25, 0.3) is 10.9 Å². The molecule has 2 aromatic rings. The van der Waals surface area contributed by atoms with Gasteiger partial charge in [0.2, 0.25) is 5.91 Å². The fraction of sp³-hybridized carbons (Fsp3) is 0.444. The number of para-hydroxylation sites is 1. The van der Waals surface area contributed by atoms with Gasteiger partial charge in [0.1, 0.15) is 11.7 Å². The molecule has 0 radical (unpaired) electrons. The van der Waals surface area contributed by atoms with Crippen LogP contribution in [0.4, 0.5) is 0 Å². The van der Waals surface area contributed by atoms with Gasteiger partial charge >= 0.3 is 0 Å². The maximum atomic E-state index is 13.1. The normalized spacial score (nSPS) is 21.0. The van der Waals surface area contributed by atoms with Gasteiger partial charge in [-0.25, -0.2) is 0 Å². The summed E-state index contributed by atoms with van der Waals surface area (Å²) in [5.74, 6) is 1.36. The van der Waals surface area contributed by atoms with E-state index in [1.165, 1.54) is 0 Å². The van der Waals surface area contributed by atoms with Gasteiger partial charge in [-0.2, -0.15) is 0 Å². The van der Waals surface area contributed by atoms with E-state index in [1.54, 1.807) is 16.7 Å². The van der Waals surface area contributed by atoms with Crippen molar-refractivity contribution in [3.63, 3.8) is 0 Å². The number of aromatic nitrogens is 1. The monoisotopic (exact) mass is 343 g/mol. The van der Waals surface area contributed by atoms with E-state index in [1.807, 2.05) is 46.8 Å². The van der Waals surface area contributed by atoms with E-state index < -0.39 is 0 Å². The zero-order valence-corrected chi connectivity index (χ0v) is 14.6. The number of hydrogen-bond acceptors (Lipinski definition) is 3. The molecule has 0 aliphatic carbocycles. The Kier molecular flexibility index (Phi) is 4.00. The van der Waals surface area contributed by atoms with Gasteiger partial charge in [0, 0.05) is 36.8 Å². The maximum absolute atomic E-state index is 13.1. The molecule has 3 heterocycles. The minimum Gasteiger partial charge on any atom is -0.341 e. The van der Waals surface area contributed by atoms with E-state index in [4.69, 9.17) is 0 Å². The highest BCUT2D eigenvalue weighted by atomic mass is 32.2. The highest BCUT2D eigenvalue weighted by molar-refractivity contribution is 7.99. The molecule has 6 heteroatoms. The minimum absolute atomic E-state index is 0.0451. The Bertz CT molecular complexity index is 795. The summed E-state index contributed by atoms with van der Waals surface area (Å²) in [6.45, 7) is 1.66. The van der Waals surface area contributed by atoms with Gasteiger partial charge in [-0.1, -0.05) is 18.2 Å². The van der Waals surface area contributed by atoms with Crippen LogP contribution >= 0.6 is 11.8 Å². The van der Waals surface area contributed by atoms with Gasteiger partial charge in [0.15, 0.2) is 0 Å². The predicted octanol–water partition coefficient (Wildman–Crippen LogP) is 2.32. The number of likely N-dealkylation sites (tertiary alicyclic amines) is 1. The summed E-state index contributed by atoms with van der Waals surface area (Å²) < 4.78 is 1.93. The van der Waals surface area contributed by atoms with E-state index >= 15 is 0 Å². The Labute approximate surface area is 145 Å². The number of aryl methyl sites for hydroxylation is 1. The fourth-order valence-electron chi connectivity index (χ4n) is 3.64. The SMILES string of the molecule is Cn1c(C(=O)N2CSCC2C(=O)N2CCCC2)cc2ccccc21. The molecule has 2 amide bonds. The number of thioether (sulfide) groups is 1. The van der Waals surface area contributed by atoms with Crippen molar-refractivity contribution in [2.24, 2.45) is 7.05 Å². The maximum Gasteiger partial charge on any atom is 0.271 e. The summed E-state index contributed by atoms with van der Waals surface area (Å²) in [6, 6.07) is 9.58. The summed E-state index contributed by atoms with van der Waals surface area (Å²) in [4.78, 5) is 29.5. The number of nitrogens with zero attached hydrogens (tertiary/aromatic N) is 3. The summed E-state index contributed by atoms with van der Waals surface area (Å²) in [6.07, 6.45) is 2.14. The van der Waals surface area contributed by atoms with Crippen LogP contribution in [0, 0.1) is 0 Å². The fourth-order valence-corrected chi connectivity index (χ4v) is 4.78. The number of benzene rings is 1. The van der Waals surface area contributed by atoms with Gasteiger partial charge < -0.3 is 14.4 Å². The van der Waals surface area contributed by atoms with E-state index in [9.17, 15) is 9.59 Å². The molecule has 1 aromatic carbocycles. The Balaban J connectivity index is 1.62. The van der Waals surface area contributed by atoms with E-state index in [0.29, 0.717) is 17.3 Å². The molecule has 2 aliphatic heterocycles. The lowest BCUT2D eigenvalue weighted by Crippen LogP contribution is -2.48. The first-order valence-corrected chi connectivity index (χ1v) is 9.54. The largest absolute Gasteiger partial charge is 0.341 e. The summed E-state index contributed by atoms with van der Waals surface area (Å²) in [5, 5.41) is 1.05. The third-order valence-electron chi connectivity index (χ3n) is 5.02. The van der Waals surface area contributed by atoms with Crippen LogP contribution in [0.5, 0.6) is 0 Å². The molecule has 2 saturated heterocycles. The molecule has 0 bridgehead atoms. The van der Waals surface area contributed by atoms with E-state index in [0.717, 1.165) is 36.8 Å². The molecule has 1 atom stereocenters. The highest BCUT2D eigenvalue weighted by Crippen LogP contribution is 2.27. The summed E-state index contributed by atoms with van der Waals surface area (Å²) in [5.41, 5.74) is 1.69. The van der Waals surface area contributed by atoms with Crippen molar-refractivity contribution in [2.45, 2.75) is 18.9 Å². The molecule has 0 N–H and O–H groups in total. The van der Waals surface area contributed by atoms with Crippen molar-refractivity contribution < 1.29 is 9.59 Å². The topological polar surface area (TPSA) is 45.6 Å². The molecule has 2 aliphatic rings. The van der Waals surface area contributed by atoms with Crippen molar-refractivity contribution in [1.82, 2.24) is 14.4 Å². The molecule has 1 aromatic heterocycles. The highest BCUT2D eigenvalue weighted by Gasteiger charge is 2.38. The smallest absolute Gasteiger partial charge is 0.271 e. The number of amides is 2. The second-order valence-corrected chi connectivity index (χ2v) is 7.47. The molecular weight excluding hydrogens is 322 g/mol. The van der Waals surface area contributed by atoms with Crippen LogP contribution in [0.2, 0.25) is 0 Å². The number of rotatable bonds is 2. The summed E-state index contributed by atoms with van der Waals surface area (Å²) in [7, 11) is 1.91. The average molecular weight is 343 g/mol. The second-order valence-electron chi connectivity index (χ2n) is 6.47. The average Bonchev–Trinajstić information content (AvgIpc) is 3.34. The van der Waals surface area contributed by atoms with Crippen molar-refractivity contribution >= 4 is 34.5 Å². The molecule has 5 nitrogen and oxygen atoms in total. The molecule has 126 valence electrons. The van der Waals surface area contributed by atoms with Crippen LogP contribution in [0.15, 0.2) is 30.3 Å². The minimum atomic E-state index is -0.321. The molecule has 0 saturated carbocycles. The van der Waals surface area contributed by atoms with Gasteiger partial charge in [0.25, 0.3) is 5.91 Å². The van der Waals surface area contributed by atoms with Gasteiger partial charge in [-0.05, 0) is 25.0 Å². The number of carbonyl (C=O) groups is 2. The molecule has 0 spiro atoms. The van der Waals surface area contributed by atoms with E-state index in [2.05, 4.69) is 0 Å². The van der Waals surface area contributed by atoms with Gasteiger partial charge in [0.05, 0.1) is 5.88 Å². The first-order chi connectivity index (χ1) is 11.7. The zero-order valence-electron chi connectivity index (χ0n) is 13.8. The van der Waals surface area contributed by atoms with Crippen molar-refractivity contribution in [1.29, 1.82) is 0 Å². The molecule has 1 unspecified atom stereocenters. The second kappa shape index (κ2) is 6.16.